The molecule has 110 valence electrons. The molecule has 1 aliphatic rings. The van der Waals surface area contributed by atoms with Crippen molar-refractivity contribution >= 4 is 11.5 Å². The Balaban J connectivity index is 2.38. The fourth-order valence-corrected chi connectivity index (χ4v) is 3.02. The minimum Gasteiger partial charge on any atom is -0.330 e. The molecule has 1 aromatic heterocycles. The van der Waals surface area contributed by atoms with Crippen LogP contribution in [0.2, 0.25) is 0 Å². The van der Waals surface area contributed by atoms with E-state index in [0.717, 1.165) is 15.8 Å². The number of rotatable bonds is 0. The fourth-order valence-electron chi connectivity index (χ4n) is 3.02. The maximum atomic E-state index is 12.5. The molecule has 1 aromatic carbocycles. The number of fused-ring (bicyclic) bond motifs is 2. The Morgan fingerprint density at radius 1 is 1.10 bits per heavy atom. The third-order valence-electron chi connectivity index (χ3n) is 4.56. The zero-order valence-corrected chi connectivity index (χ0v) is 12.9. The highest BCUT2D eigenvalue weighted by Gasteiger charge is 2.30. The van der Waals surface area contributed by atoms with Crippen LogP contribution in [0.3, 0.4) is 0 Å². The molecule has 0 saturated heterocycles. The van der Waals surface area contributed by atoms with Crippen molar-refractivity contribution in [2.45, 2.75) is 26.7 Å². The van der Waals surface area contributed by atoms with Gasteiger partial charge in [-0.25, -0.2) is 4.79 Å². The summed E-state index contributed by atoms with van der Waals surface area (Å²) in [5, 5.41) is 0. The summed E-state index contributed by atoms with van der Waals surface area (Å²) in [4.78, 5) is 29.1. The molecule has 1 N–H and O–H groups in total. The van der Waals surface area contributed by atoms with Crippen LogP contribution in [0.1, 0.15) is 35.1 Å². The minimum atomic E-state index is -0.384. The molecule has 0 spiro atoms. The number of H-pyrrole nitrogens is 1. The monoisotopic (exact) mass is 285 g/mol. The summed E-state index contributed by atoms with van der Waals surface area (Å²) >= 11 is 0. The molecule has 0 unspecified atom stereocenters. The summed E-state index contributed by atoms with van der Waals surface area (Å²) in [5.74, 6) is 0.562. The summed E-state index contributed by atoms with van der Waals surface area (Å²) in [5.41, 5.74) is 4.61. The van der Waals surface area contributed by atoms with E-state index < -0.39 is 0 Å². The van der Waals surface area contributed by atoms with E-state index in [-0.39, 0.29) is 17.2 Å². The van der Waals surface area contributed by atoms with Gasteiger partial charge in [-0.1, -0.05) is 13.0 Å². The van der Waals surface area contributed by atoms with Crippen molar-refractivity contribution in [3.63, 3.8) is 0 Å². The van der Waals surface area contributed by atoms with Crippen LogP contribution in [0.5, 0.6) is 0 Å². The lowest BCUT2D eigenvalue weighted by Crippen LogP contribution is -2.40. The van der Waals surface area contributed by atoms with Gasteiger partial charge in [0.15, 0.2) is 0 Å². The molecular weight excluding hydrogens is 266 g/mol. The molecule has 0 radical (unpaired) electrons. The third-order valence-corrected chi connectivity index (χ3v) is 4.56. The van der Waals surface area contributed by atoms with Gasteiger partial charge in [-0.15, -0.1) is 0 Å². The Bertz CT molecular complexity index is 861. The fraction of sp³-hybridized carbons (Fsp3) is 0.375. The second kappa shape index (κ2) is 4.35. The molecule has 2 aromatic rings. The average Bonchev–Trinajstić information content (AvgIpc) is 2.44. The number of nitrogens with one attached hydrogen (secondary N) is 1. The third kappa shape index (κ3) is 1.77. The van der Waals surface area contributed by atoms with E-state index in [0.29, 0.717) is 11.4 Å². The van der Waals surface area contributed by atoms with Crippen LogP contribution in [0.25, 0.3) is 0 Å². The average molecular weight is 285 g/mol. The normalized spacial score (nSPS) is 16.6. The summed E-state index contributed by atoms with van der Waals surface area (Å²) in [7, 11) is 3.39. The van der Waals surface area contributed by atoms with Crippen molar-refractivity contribution in [2.75, 3.05) is 11.9 Å². The molecule has 1 atom stereocenters. The van der Waals surface area contributed by atoms with Gasteiger partial charge in [0, 0.05) is 25.7 Å². The van der Waals surface area contributed by atoms with Crippen molar-refractivity contribution in [3.8, 4) is 0 Å². The molecule has 5 heteroatoms. The predicted molar refractivity (Wildman–Crippen MR) is 83.8 cm³/mol. The minimum absolute atomic E-state index is 0.0407. The Morgan fingerprint density at radius 3 is 2.38 bits per heavy atom. The highest BCUT2D eigenvalue weighted by Crippen LogP contribution is 2.42. The van der Waals surface area contributed by atoms with Crippen molar-refractivity contribution in [1.29, 1.82) is 0 Å². The maximum absolute atomic E-state index is 12.5. The first kappa shape index (κ1) is 13.7. The lowest BCUT2D eigenvalue weighted by Gasteiger charge is -2.33. The van der Waals surface area contributed by atoms with Gasteiger partial charge in [0.05, 0.1) is 5.56 Å². The Kier molecular flexibility index (Phi) is 2.83. The second-order valence-electron chi connectivity index (χ2n) is 5.83. The van der Waals surface area contributed by atoms with E-state index in [2.05, 4.69) is 31.0 Å². The predicted octanol–water partition coefficient (Wildman–Crippen LogP) is 1.92. The summed E-state index contributed by atoms with van der Waals surface area (Å²) < 4.78 is 1.13. The van der Waals surface area contributed by atoms with Gasteiger partial charge in [0.2, 0.25) is 0 Å². The van der Waals surface area contributed by atoms with Crippen LogP contribution < -0.4 is 16.1 Å². The topological polar surface area (TPSA) is 58.1 Å². The molecule has 21 heavy (non-hydrogen) atoms. The van der Waals surface area contributed by atoms with Crippen molar-refractivity contribution < 1.29 is 0 Å². The first-order valence-electron chi connectivity index (χ1n) is 7.01. The number of benzene rings is 1. The number of aryl methyl sites for hydroxylation is 2. The van der Waals surface area contributed by atoms with E-state index in [1.165, 1.54) is 18.2 Å². The van der Waals surface area contributed by atoms with Gasteiger partial charge in [0.1, 0.15) is 5.82 Å². The zero-order chi connectivity index (χ0) is 15.5. The largest absolute Gasteiger partial charge is 0.330 e. The summed E-state index contributed by atoms with van der Waals surface area (Å²) in [6.45, 7) is 6.15. The van der Waals surface area contributed by atoms with Crippen molar-refractivity contribution in [1.82, 2.24) is 9.55 Å². The first-order chi connectivity index (χ1) is 9.82. The van der Waals surface area contributed by atoms with E-state index in [1.54, 1.807) is 0 Å². The van der Waals surface area contributed by atoms with Crippen LogP contribution >= 0.6 is 0 Å². The number of hydrogen-bond acceptors (Lipinski definition) is 3. The quantitative estimate of drug-likeness (QED) is 0.804. The van der Waals surface area contributed by atoms with Crippen LogP contribution in [-0.4, -0.2) is 16.6 Å². The Labute approximate surface area is 122 Å². The molecule has 1 aliphatic heterocycles. The number of anilines is 2. The maximum Gasteiger partial charge on any atom is 0.329 e. The van der Waals surface area contributed by atoms with Crippen LogP contribution in [0.15, 0.2) is 21.7 Å². The second-order valence-corrected chi connectivity index (χ2v) is 5.83. The summed E-state index contributed by atoms with van der Waals surface area (Å²) in [6, 6.07) is 4.25. The van der Waals surface area contributed by atoms with Gasteiger partial charge < -0.3 is 4.90 Å². The molecule has 0 amide bonds. The number of aromatic nitrogens is 2. The Morgan fingerprint density at radius 2 is 1.71 bits per heavy atom. The highest BCUT2D eigenvalue weighted by molar-refractivity contribution is 5.73. The van der Waals surface area contributed by atoms with Crippen molar-refractivity contribution in [2.24, 2.45) is 7.05 Å². The number of hydrogen-bond donors (Lipinski definition) is 1. The van der Waals surface area contributed by atoms with Gasteiger partial charge >= 0.3 is 5.69 Å². The van der Waals surface area contributed by atoms with Crippen LogP contribution in [0, 0.1) is 13.8 Å². The highest BCUT2D eigenvalue weighted by atomic mass is 16.2. The van der Waals surface area contributed by atoms with E-state index >= 15 is 0 Å². The molecular formula is C16H19N3O2. The van der Waals surface area contributed by atoms with Crippen molar-refractivity contribution in [3.05, 3.63) is 55.2 Å². The van der Waals surface area contributed by atoms with Gasteiger partial charge in [-0.3, -0.25) is 14.3 Å². The van der Waals surface area contributed by atoms with E-state index in [1.807, 2.05) is 18.9 Å². The molecule has 0 bridgehead atoms. The first-order valence-corrected chi connectivity index (χ1v) is 7.01. The van der Waals surface area contributed by atoms with Gasteiger partial charge in [-0.05, 0) is 36.6 Å². The van der Waals surface area contributed by atoms with Crippen LogP contribution in [-0.2, 0) is 7.05 Å². The molecule has 3 rings (SSSR count). The molecule has 0 saturated carbocycles. The van der Waals surface area contributed by atoms with Crippen LogP contribution in [0.4, 0.5) is 11.5 Å². The van der Waals surface area contributed by atoms with E-state index in [4.69, 9.17) is 0 Å². The Hall–Kier alpha value is -2.30. The molecule has 0 aliphatic carbocycles. The lowest BCUT2D eigenvalue weighted by atomic mass is 9.86. The number of aromatic amines is 1. The van der Waals surface area contributed by atoms with Gasteiger partial charge in [-0.2, -0.15) is 0 Å². The zero-order valence-electron chi connectivity index (χ0n) is 12.9. The smallest absolute Gasteiger partial charge is 0.329 e. The summed E-state index contributed by atoms with van der Waals surface area (Å²) in [6.07, 6.45) is 0. The molecule has 5 nitrogen and oxygen atoms in total. The van der Waals surface area contributed by atoms with Gasteiger partial charge in [0.25, 0.3) is 5.56 Å². The van der Waals surface area contributed by atoms with E-state index in [9.17, 15) is 9.59 Å². The molecule has 2 heterocycles. The molecule has 0 fully saturated rings. The number of nitrogens with zero attached hydrogens (tertiary/aromatic N) is 2. The SMILES string of the molecule is Cc1cc2c(cc1C)N(C)c1[nH]c(=O)n(C)c(=O)c1[C@H]2C. The standard InChI is InChI=1S/C16H19N3O2/c1-8-6-11-10(3)13-14(17-16(21)19(5)15(13)20)18(4)12(11)7-9(8)2/h6-7,10H,1-5H3,(H,17,21)/t10-/m0/s1. The lowest BCUT2D eigenvalue weighted by molar-refractivity contribution is 0.722.